The molecule has 1 aliphatic rings. The topological polar surface area (TPSA) is 29.5 Å². The van der Waals surface area contributed by atoms with Gasteiger partial charge in [0.15, 0.2) is 0 Å². The molecule has 0 radical (unpaired) electrons. The molecule has 0 saturated heterocycles. The fraction of sp³-hybridized carbons (Fsp3) is 0.929. The molecule has 3 nitrogen and oxygen atoms in total. The van der Waals surface area contributed by atoms with Crippen LogP contribution in [0.1, 0.15) is 46.5 Å². The highest BCUT2D eigenvalue weighted by Crippen LogP contribution is 2.30. The number of hydrogen-bond acceptors (Lipinski definition) is 3. The summed E-state index contributed by atoms with van der Waals surface area (Å²) in [6.45, 7) is 9.89. The van der Waals surface area contributed by atoms with E-state index in [0.717, 1.165) is 26.1 Å². The molecule has 0 amide bonds. The molecule has 17 heavy (non-hydrogen) atoms. The van der Waals surface area contributed by atoms with Crippen LogP contribution in [0, 0.1) is 11.8 Å². The number of carbonyl (C=O) groups excluding carboxylic acids is 1. The van der Waals surface area contributed by atoms with Gasteiger partial charge in [-0.3, -0.25) is 4.79 Å². The van der Waals surface area contributed by atoms with Gasteiger partial charge >= 0.3 is 5.97 Å². The minimum atomic E-state index is 0.0318. The average Bonchev–Trinajstić information content (AvgIpc) is 2.35. The van der Waals surface area contributed by atoms with Crippen molar-refractivity contribution >= 4 is 5.97 Å². The highest BCUT2D eigenvalue weighted by Gasteiger charge is 2.28. The first-order valence-corrected chi connectivity index (χ1v) is 7.08. The lowest BCUT2D eigenvalue weighted by molar-refractivity contribution is -0.151. The van der Waals surface area contributed by atoms with Crippen LogP contribution in [0.2, 0.25) is 0 Å². The molecule has 0 unspecified atom stereocenters. The number of carbonyl (C=O) groups is 1. The Balaban J connectivity index is 2.24. The molecule has 0 aromatic rings. The van der Waals surface area contributed by atoms with E-state index >= 15 is 0 Å². The maximum atomic E-state index is 11.9. The van der Waals surface area contributed by atoms with E-state index in [4.69, 9.17) is 4.74 Å². The van der Waals surface area contributed by atoms with Crippen molar-refractivity contribution in [3.8, 4) is 0 Å². The van der Waals surface area contributed by atoms with E-state index in [0.29, 0.717) is 12.5 Å². The second-order valence-electron chi connectivity index (χ2n) is 5.06. The lowest BCUT2D eigenvalue weighted by Crippen LogP contribution is -2.31. The van der Waals surface area contributed by atoms with Crippen LogP contribution in [0.4, 0.5) is 0 Å². The van der Waals surface area contributed by atoms with Crippen molar-refractivity contribution in [1.29, 1.82) is 0 Å². The van der Waals surface area contributed by atoms with Crippen LogP contribution >= 0.6 is 0 Å². The minimum absolute atomic E-state index is 0.0318. The van der Waals surface area contributed by atoms with E-state index < -0.39 is 0 Å². The van der Waals surface area contributed by atoms with Crippen LogP contribution in [0.25, 0.3) is 0 Å². The van der Waals surface area contributed by atoms with E-state index in [9.17, 15) is 4.79 Å². The van der Waals surface area contributed by atoms with Crippen molar-refractivity contribution in [3.05, 3.63) is 0 Å². The van der Waals surface area contributed by atoms with E-state index in [1.54, 1.807) is 0 Å². The molecule has 100 valence electrons. The molecule has 1 rings (SSSR count). The summed E-state index contributed by atoms with van der Waals surface area (Å²) in [5, 5.41) is 0. The molecule has 2 atom stereocenters. The van der Waals surface area contributed by atoms with E-state index in [1.807, 2.05) is 0 Å². The molecule has 0 heterocycles. The summed E-state index contributed by atoms with van der Waals surface area (Å²) in [5.74, 6) is 0.689. The second kappa shape index (κ2) is 7.70. The third-order valence-corrected chi connectivity index (χ3v) is 3.96. The first-order chi connectivity index (χ1) is 8.19. The predicted octanol–water partition coefficient (Wildman–Crippen LogP) is 2.70. The third kappa shape index (κ3) is 4.66. The summed E-state index contributed by atoms with van der Waals surface area (Å²) in [5.41, 5.74) is 0. The number of likely N-dealkylation sites (N-methyl/N-ethyl adjacent to an activating group) is 1. The monoisotopic (exact) mass is 241 g/mol. The summed E-state index contributed by atoms with van der Waals surface area (Å²) >= 11 is 0. The quantitative estimate of drug-likeness (QED) is 0.670. The molecule has 1 aliphatic carbocycles. The molecular weight excluding hydrogens is 214 g/mol. The fourth-order valence-corrected chi connectivity index (χ4v) is 2.59. The Morgan fingerprint density at radius 1 is 1.24 bits per heavy atom. The molecular formula is C14H27NO2. The SMILES string of the molecule is CCN(CC)CCOC(=O)[C@H]1CCCC[C@H]1C. The van der Waals surface area contributed by atoms with Crippen LogP contribution < -0.4 is 0 Å². The zero-order valence-corrected chi connectivity index (χ0v) is 11.6. The highest BCUT2D eigenvalue weighted by atomic mass is 16.5. The maximum Gasteiger partial charge on any atom is 0.309 e. The second-order valence-corrected chi connectivity index (χ2v) is 5.06. The molecule has 0 aromatic carbocycles. The molecule has 0 aliphatic heterocycles. The number of nitrogens with zero attached hydrogens (tertiary/aromatic N) is 1. The minimum Gasteiger partial charge on any atom is -0.464 e. The predicted molar refractivity (Wildman–Crippen MR) is 69.9 cm³/mol. The van der Waals surface area contributed by atoms with Crippen molar-refractivity contribution in [3.63, 3.8) is 0 Å². The third-order valence-electron chi connectivity index (χ3n) is 3.96. The Morgan fingerprint density at radius 2 is 1.88 bits per heavy atom. The van der Waals surface area contributed by atoms with Gasteiger partial charge in [0.25, 0.3) is 0 Å². The first-order valence-electron chi connectivity index (χ1n) is 7.08. The van der Waals surface area contributed by atoms with Gasteiger partial charge in [0.1, 0.15) is 6.61 Å². The van der Waals surface area contributed by atoms with Crippen LogP contribution in [0.5, 0.6) is 0 Å². The molecule has 3 heteroatoms. The lowest BCUT2D eigenvalue weighted by Gasteiger charge is -2.27. The van der Waals surface area contributed by atoms with Gasteiger partial charge in [-0.25, -0.2) is 0 Å². The number of ether oxygens (including phenoxy) is 1. The van der Waals surface area contributed by atoms with Gasteiger partial charge in [0.05, 0.1) is 5.92 Å². The van der Waals surface area contributed by atoms with Gasteiger partial charge in [0, 0.05) is 6.54 Å². The molecule has 0 aromatic heterocycles. The fourth-order valence-electron chi connectivity index (χ4n) is 2.59. The van der Waals surface area contributed by atoms with E-state index in [2.05, 4.69) is 25.7 Å². The van der Waals surface area contributed by atoms with Gasteiger partial charge < -0.3 is 9.64 Å². The van der Waals surface area contributed by atoms with Crippen molar-refractivity contribution in [1.82, 2.24) is 4.90 Å². The number of esters is 1. The molecule has 0 N–H and O–H groups in total. The maximum absolute atomic E-state index is 11.9. The molecule has 1 saturated carbocycles. The van der Waals surface area contributed by atoms with Crippen LogP contribution in [0.15, 0.2) is 0 Å². The van der Waals surface area contributed by atoms with Crippen molar-refractivity contribution < 1.29 is 9.53 Å². The Bertz CT molecular complexity index is 226. The molecule has 0 spiro atoms. The van der Waals surface area contributed by atoms with Gasteiger partial charge in [-0.15, -0.1) is 0 Å². The average molecular weight is 241 g/mol. The Hall–Kier alpha value is -0.570. The number of rotatable bonds is 6. The van der Waals surface area contributed by atoms with Gasteiger partial charge in [-0.1, -0.05) is 33.6 Å². The molecule has 0 bridgehead atoms. The highest BCUT2D eigenvalue weighted by molar-refractivity contribution is 5.72. The smallest absolute Gasteiger partial charge is 0.309 e. The van der Waals surface area contributed by atoms with Gasteiger partial charge in [0.2, 0.25) is 0 Å². The first kappa shape index (κ1) is 14.5. The largest absolute Gasteiger partial charge is 0.464 e. The summed E-state index contributed by atoms with van der Waals surface area (Å²) < 4.78 is 5.41. The van der Waals surface area contributed by atoms with Crippen LogP contribution in [0.3, 0.4) is 0 Å². The molecule has 1 fully saturated rings. The zero-order valence-electron chi connectivity index (χ0n) is 11.6. The number of hydrogen-bond donors (Lipinski definition) is 0. The van der Waals surface area contributed by atoms with Crippen molar-refractivity contribution in [2.45, 2.75) is 46.5 Å². The summed E-state index contributed by atoms with van der Waals surface area (Å²) in [4.78, 5) is 14.2. The van der Waals surface area contributed by atoms with Crippen LogP contribution in [-0.2, 0) is 9.53 Å². The normalized spacial score (nSPS) is 24.9. The summed E-state index contributed by atoms with van der Waals surface area (Å²) in [6, 6.07) is 0. The standard InChI is InChI=1S/C14H27NO2/c1-4-15(5-2)10-11-17-14(16)13-9-7-6-8-12(13)3/h12-13H,4-11H2,1-3H3/t12-,13+/m1/s1. The summed E-state index contributed by atoms with van der Waals surface area (Å²) in [7, 11) is 0. The van der Waals surface area contributed by atoms with Gasteiger partial charge in [-0.05, 0) is 31.8 Å². The van der Waals surface area contributed by atoms with E-state index in [1.165, 1.54) is 19.3 Å². The van der Waals surface area contributed by atoms with Crippen LogP contribution in [-0.4, -0.2) is 37.1 Å². The summed E-state index contributed by atoms with van der Waals surface area (Å²) in [6.07, 6.45) is 4.64. The lowest BCUT2D eigenvalue weighted by atomic mass is 9.80. The zero-order chi connectivity index (χ0) is 12.7. The Labute approximate surface area is 106 Å². The van der Waals surface area contributed by atoms with Crippen molar-refractivity contribution in [2.24, 2.45) is 11.8 Å². The van der Waals surface area contributed by atoms with Gasteiger partial charge in [-0.2, -0.15) is 0 Å². The van der Waals surface area contributed by atoms with Crippen molar-refractivity contribution in [2.75, 3.05) is 26.2 Å². The van der Waals surface area contributed by atoms with E-state index in [-0.39, 0.29) is 11.9 Å². The Morgan fingerprint density at radius 3 is 2.47 bits per heavy atom. The Kier molecular flexibility index (Phi) is 6.56.